The number of nitrogens with zero attached hydrogens (tertiary/aromatic N) is 2. The van der Waals surface area contributed by atoms with Crippen molar-refractivity contribution in [2.75, 3.05) is 26.8 Å². The van der Waals surface area contributed by atoms with Gasteiger partial charge >= 0.3 is 17.8 Å². The first-order chi connectivity index (χ1) is 8.02. The molecule has 17 heavy (non-hydrogen) atoms. The monoisotopic (exact) mass is 240 g/mol. The number of Topliss-reactive ketones (excluding diaryl/α,β-unsaturated/α-hetero) is 1. The fourth-order valence-corrected chi connectivity index (χ4v) is 1.83. The number of carbonyl (C=O) groups excluding carboxylic acids is 4. The number of rotatable bonds is 3. The highest BCUT2D eigenvalue weighted by molar-refractivity contribution is 6.44. The molecule has 1 atom stereocenters. The van der Waals surface area contributed by atoms with E-state index in [-0.39, 0.29) is 18.2 Å². The van der Waals surface area contributed by atoms with E-state index < -0.39 is 17.8 Å². The van der Waals surface area contributed by atoms with Crippen LogP contribution in [0, 0.1) is 5.92 Å². The van der Waals surface area contributed by atoms with Gasteiger partial charge in [0.2, 0.25) is 0 Å². The predicted octanol–water partition coefficient (Wildman–Crippen LogP) is -0.987. The third kappa shape index (κ3) is 1.93. The predicted molar refractivity (Wildman–Crippen MR) is 53.8 cm³/mol. The second-order valence-electron chi connectivity index (χ2n) is 4.06. The molecule has 7 heteroatoms. The number of ether oxygens (including phenoxy) is 1. The number of ketones is 1. The number of hydrogen-bond donors (Lipinski definition) is 0. The molecule has 0 saturated carbocycles. The van der Waals surface area contributed by atoms with Crippen molar-refractivity contribution in [3.8, 4) is 0 Å². The standard InChI is InChI=1S/C10H12N2O5/c1-11-8(14)9(15)12(10(11)16)4-7(13)6-2-3-17-5-6/h6H,2-5H2,1H3. The molecule has 2 fully saturated rings. The van der Waals surface area contributed by atoms with E-state index in [9.17, 15) is 19.2 Å². The molecule has 0 radical (unpaired) electrons. The molecule has 92 valence electrons. The molecule has 4 amide bonds. The van der Waals surface area contributed by atoms with Gasteiger partial charge in [-0.05, 0) is 6.42 Å². The van der Waals surface area contributed by atoms with Crippen LogP contribution in [0.1, 0.15) is 6.42 Å². The third-order valence-corrected chi connectivity index (χ3v) is 2.95. The van der Waals surface area contributed by atoms with Crippen LogP contribution in [0.3, 0.4) is 0 Å². The lowest BCUT2D eigenvalue weighted by atomic mass is 10.0. The first-order valence-corrected chi connectivity index (χ1v) is 5.26. The molecule has 0 aromatic heterocycles. The molecule has 0 bridgehead atoms. The van der Waals surface area contributed by atoms with Gasteiger partial charge in [-0.15, -0.1) is 0 Å². The Morgan fingerprint density at radius 1 is 1.35 bits per heavy atom. The summed E-state index contributed by atoms with van der Waals surface area (Å²) in [5, 5.41) is 0. The summed E-state index contributed by atoms with van der Waals surface area (Å²) in [6, 6.07) is -0.743. The summed E-state index contributed by atoms with van der Waals surface area (Å²) >= 11 is 0. The first kappa shape index (κ1) is 11.7. The van der Waals surface area contributed by atoms with Crippen LogP contribution < -0.4 is 0 Å². The SMILES string of the molecule is CN1C(=O)C(=O)N(CC(=O)C2CCOC2)C1=O. The van der Waals surface area contributed by atoms with Crippen molar-refractivity contribution in [3.63, 3.8) is 0 Å². The number of carbonyl (C=O) groups is 4. The normalized spacial score (nSPS) is 25.0. The summed E-state index contributed by atoms with van der Waals surface area (Å²) in [7, 11) is 1.21. The summed E-state index contributed by atoms with van der Waals surface area (Å²) in [6.07, 6.45) is 0.596. The van der Waals surface area contributed by atoms with Gasteiger partial charge in [0.05, 0.1) is 13.2 Å². The Kier molecular flexibility index (Phi) is 2.93. The Bertz CT molecular complexity index is 400. The van der Waals surface area contributed by atoms with Crippen molar-refractivity contribution in [3.05, 3.63) is 0 Å². The van der Waals surface area contributed by atoms with E-state index in [0.717, 1.165) is 0 Å². The Morgan fingerprint density at radius 3 is 2.53 bits per heavy atom. The Morgan fingerprint density at radius 2 is 2.06 bits per heavy atom. The maximum absolute atomic E-state index is 11.7. The first-order valence-electron chi connectivity index (χ1n) is 5.26. The number of urea groups is 1. The minimum atomic E-state index is -0.940. The fourth-order valence-electron chi connectivity index (χ4n) is 1.83. The highest BCUT2D eigenvalue weighted by atomic mass is 16.5. The molecule has 2 heterocycles. The molecule has 0 aromatic rings. The minimum absolute atomic E-state index is 0.243. The fraction of sp³-hybridized carbons (Fsp3) is 0.600. The van der Waals surface area contributed by atoms with Crippen LogP contribution in [0.5, 0.6) is 0 Å². The van der Waals surface area contributed by atoms with Crippen LogP contribution in [0.25, 0.3) is 0 Å². The molecule has 0 aliphatic carbocycles. The van der Waals surface area contributed by atoms with Gasteiger partial charge in [-0.1, -0.05) is 0 Å². The van der Waals surface area contributed by atoms with E-state index in [1.807, 2.05) is 0 Å². The quantitative estimate of drug-likeness (QED) is 0.467. The molecule has 0 N–H and O–H groups in total. The number of hydrogen-bond acceptors (Lipinski definition) is 5. The van der Waals surface area contributed by atoms with E-state index >= 15 is 0 Å². The molecule has 0 aromatic carbocycles. The van der Waals surface area contributed by atoms with Gasteiger partial charge in [-0.25, -0.2) is 9.69 Å². The lowest BCUT2D eigenvalue weighted by molar-refractivity contribution is -0.143. The van der Waals surface area contributed by atoms with Gasteiger partial charge in [-0.2, -0.15) is 0 Å². The summed E-state index contributed by atoms with van der Waals surface area (Å²) in [6.45, 7) is 0.484. The van der Waals surface area contributed by atoms with E-state index in [2.05, 4.69) is 0 Å². The lowest BCUT2D eigenvalue weighted by Gasteiger charge is -2.13. The second-order valence-corrected chi connectivity index (χ2v) is 4.06. The second kappa shape index (κ2) is 4.25. The average molecular weight is 240 g/mol. The maximum atomic E-state index is 11.7. The molecule has 7 nitrogen and oxygen atoms in total. The molecule has 2 saturated heterocycles. The van der Waals surface area contributed by atoms with E-state index in [1.165, 1.54) is 7.05 Å². The van der Waals surface area contributed by atoms with Crippen LogP contribution in [0.2, 0.25) is 0 Å². The van der Waals surface area contributed by atoms with Gasteiger partial charge in [0.15, 0.2) is 5.78 Å². The van der Waals surface area contributed by atoms with E-state index in [4.69, 9.17) is 4.74 Å². The topological polar surface area (TPSA) is 84.0 Å². The van der Waals surface area contributed by atoms with Gasteiger partial charge in [-0.3, -0.25) is 19.3 Å². The van der Waals surface area contributed by atoms with Crippen molar-refractivity contribution in [1.29, 1.82) is 0 Å². The van der Waals surface area contributed by atoms with E-state index in [0.29, 0.717) is 29.4 Å². The Labute approximate surface area is 97.3 Å². The number of amides is 4. The van der Waals surface area contributed by atoms with Crippen molar-refractivity contribution in [1.82, 2.24) is 9.80 Å². The van der Waals surface area contributed by atoms with Crippen molar-refractivity contribution < 1.29 is 23.9 Å². The molecule has 0 spiro atoms. The zero-order chi connectivity index (χ0) is 12.6. The van der Waals surface area contributed by atoms with Crippen molar-refractivity contribution in [2.24, 2.45) is 5.92 Å². The highest BCUT2D eigenvalue weighted by Gasteiger charge is 2.43. The summed E-state index contributed by atoms with van der Waals surface area (Å²) in [4.78, 5) is 47.3. The van der Waals surface area contributed by atoms with Gasteiger partial charge in [0.25, 0.3) is 0 Å². The van der Waals surface area contributed by atoms with Crippen LogP contribution in [0.4, 0.5) is 4.79 Å². The zero-order valence-corrected chi connectivity index (χ0v) is 9.34. The lowest BCUT2D eigenvalue weighted by Crippen LogP contribution is -2.38. The molecule has 1 unspecified atom stereocenters. The van der Waals surface area contributed by atoms with Gasteiger partial charge in [0, 0.05) is 19.6 Å². The average Bonchev–Trinajstić information content (AvgIpc) is 2.90. The van der Waals surface area contributed by atoms with Crippen molar-refractivity contribution in [2.45, 2.75) is 6.42 Å². The van der Waals surface area contributed by atoms with Crippen LogP contribution in [0.15, 0.2) is 0 Å². The third-order valence-electron chi connectivity index (χ3n) is 2.95. The molecular weight excluding hydrogens is 228 g/mol. The molecule has 2 aliphatic heterocycles. The van der Waals surface area contributed by atoms with Gasteiger partial charge < -0.3 is 4.74 Å². The molecular formula is C10H12N2O5. The minimum Gasteiger partial charge on any atom is -0.381 e. The van der Waals surface area contributed by atoms with Gasteiger partial charge in [0.1, 0.15) is 0 Å². The Balaban J connectivity index is 2.03. The van der Waals surface area contributed by atoms with Crippen LogP contribution >= 0.6 is 0 Å². The summed E-state index contributed by atoms with van der Waals surface area (Å²) in [5.41, 5.74) is 0. The van der Waals surface area contributed by atoms with Crippen molar-refractivity contribution >= 4 is 23.6 Å². The number of likely N-dealkylation sites (N-methyl/N-ethyl adjacent to an activating group) is 1. The van der Waals surface area contributed by atoms with E-state index in [1.54, 1.807) is 0 Å². The largest absolute Gasteiger partial charge is 0.381 e. The zero-order valence-electron chi connectivity index (χ0n) is 9.34. The summed E-state index contributed by atoms with van der Waals surface area (Å²) < 4.78 is 5.05. The van der Waals surface area contributed by atoms with Crippen LogP contribution in [-0.4, -0.2) is 60.2 Å². The smallest absolute Gasteiger partial charge is 0.334 e. The number of imide groups is 2. The van der Waals surface area contributed by atoms with Crippen LogP contribution in [-0.2, 0) is 19.1 Å². The highest BCUT2D eigenvalue weighted by Crippen LogP contribution is 2.16. The molecule has 2 aliphatic rings. The Hall–Kier alpha value is -1.76. The summed E-state index contributed by atoms with van der Waals surface area (Å²) in [5.74, 6) is -2.36. The molecule has 2 rings (SSSR count). The maximum Gasteiger partial charge on any atom is 0.334 e.